The lowest BCUT2D eigenvalue weighted by molar-refractivity contribution is 0.0814. The third kappa shape index (κ3) is 4.71. The highest BCUT2D eigenvalue weighted by atomic mass is 35.5. The van der Waals surface area contributed by atoms with Gasteiger partial charge >= 0.3 is 0 Å². The quantitative estimate of drug-likeness (QED) is 0.372. The van der Waals surface area contributed by atoms with Crippen molar-refractivity contribution in [1.82, 2.24) is 4.98 Å². The molecule has 2 aliphatic rings. The molecule has 2 saturated carbocycles. The summed E-state index contributed by atoms with van der Waals surface area (Å²) in [7, 11) is 0. The first kappa shape index (κ1) is 22.5. The van der Waals surface area contributed by atoms with Crippen LogP contribution in [0.25, 0.3) is 10.8 Å². The molecule has 0 spiro atoms. The topological polar surface area (TPSA) is 42.1 Å². The highest BCUT2D eigenvalue weighted by molar-refractivity contribution is 6.32. The Morgan fingerprint density at radius 1 is 1.09 bits per heavy atom. The lowest BCUT2D eigenvalue weighted by atomic mass is 9.59. The molecule has 5 rings (SSSR count). The van der Waals surface area contributed by atoms with E-state index in [-0.39, 0.29) is 17.1 Å². The summed E-state index contributed by atoms with van der Waals surface area (Å²) in [5, 5.41) is 1.97. The third-order valence-corrected chi connectivity index (χ3v) is 8.48. The number of hydrogen-bond acceptors (Lipinski definition) is 2. The van der Waals surface area contributed by atoms with E-state index >= 15 is 0 Å². The van der Waals surface area contributed by atoms with Gasteiger partial charge in [-0.3, -0.25) is 4.79 Å². The smallest absolute Gasteiger partial charge is 0.255 e. The summed E-state index contributed by atoms with van der Waals surface area (Å²) in [6.07, 6.45) is 13.0. The summed E-state index contributed by atoms with van der Waals surface area (Å²) >= 11 is 6.52. The van der Waals surface area contributed by atoms with Crippen LogP contribution < -0.4 is 10.3 Å². The van der Waals surface area contributed by atoms with Crippen molar-refractivity contribution < 1.29 is 4.74 Å². The second-order valence-electron chi connectivity index (χ2n) is 10.1. The average Bonchev–Trinajstić information content (AvgIpc) is 3.67. The molecule has 3 nitrogen and oxygen atoms in total. The largest absolute Gasteiger partial charge is 0.489 e. The van der Waals surface area contributed by atoms with E-state index in [0.717, 1.165) is 42.9 Å². The minimum absolute atomic E-state index is 0.122. The van der Waals surface area contributed by atoms with E-state index in [0.29, 0.717) is 16.2 Å². The van der Waals surface area contributed by atoms with Gasteiger partial charge in [-0.05, 0) is 78.5 Å². The van der Waals surface area contributed by atoms with Crippen LogP contribution in [0.15, 0.2) is 59.5 Å². The van der Waals surface area contributed by atoms with Gasteiger partial charge in [-0.25, -0.2) is 0 Å². The van der Waals surface area contributed by atoms with Crippen LogP contribution in [-0.2, 0) is 5.41 Å². The molecule has 1 heterocycles. The summed E-state index contributed by atoms with van der Waals surface area (Å²) in [5.41, 5.74) is 1.63. The monoisotopic (exact) mass is 463 g/mol. The van der Waals surface area contributed by atoms with Crippen LogP contribution in [0, 0.1) is 11.8 Å². The molecule has 1 aromatic heterocycles. The van der Waals surface area contributed by atoms with Crippen LogP contribution in [0.1, 0.15) is 70.3 Å². The Bertz CT molecular complexity index is 1140. The highest BCUT2D eigenvalue weighted by Gasteiger charge is 2.43. The van der Waals surface area contributed by atoms with Crippen LogP contribution in [0.3, 0.4) is 0 Å². The fraction of sp³-hybridized carbons (Fsp3) is 0.483. The van der Waals surface area contributed by atoms with Crippen LogP contribution in [-0.4, -0.2) is 11.1 Å². The van der Waals surface area contributed by atoms with Crippen molar-refractivity contribution in [3.8, 4) is 5.75 Å². The zero-order valence-electron chi connectivity index (χ0n) is 19.5. The number of nitrogens with one attached hydrogen (secondary N) is 1. The maximum Gasteiger partial charge on any atom is 0.255 e. The van der Waals surface area contributed by atoms with E-state index in [9.17, 15) is 4.79 Å². The van der Waals surface area contributed by atoms with Gasteiger partial charge in [0.15, 0.2) is 0 Å². The van der Waals surface area contributed by atoms with Gasteiger partial charge in [0.2, 0.25) is 0 Å². The Kier molecular flexibility index (Phi) is 6.51. The maximum atomic E-state index is 12.1. The molecule has 3 aromatic rings. The predicted molar refractivity (Wildman–Crippen MR) is 136 cm³/mol. The first-order chi connectivity index (χ1) is 16.1. The Morgan fingerprint density at radius 3 is 2.55 bits per heavy atom. The van der Waals surface area contributed by atoms with Crippen LogP contribution in [0.5, 0.6) is 5.75 Å². The molecule has 33 heavy (non-hydrogen) atoms. The Balaban J connectivity index is 1.35. The van der Waals surface area contributed by atoms with Gasteiger partial charge in [-0.2, -0.15) is 0 Å². The summed E-state index contributed by atoms with van der Waals surface area (Å²) < 4.78 is 6.44. The first-order valence-corrected chi connectivity index (χ1v) is 13.0. The lowest BCUT2D eigenvalue weighted by Crippen LogP contribution is -2.41. The molecule has 0 bridgehead atoms. The Labute approximate surface area is 201 Å². The van der Waals surface area contributed by atoms with E-state index in [2.05, 4.69) is 42.2 Å². The molecular weight excluding hydrogens is 430 g/mol. The summed E-state index contributed by atoms with van der Waals surface area (Å²) in [5.74, 6) is 2.39. The molecule has 1 atom stereocenters. The van der Waals surface area contributed by atoms with Gasteiger partial charge in [0.05, 0.1) is 11.1 Å². The number of H-pyrrole nitrogens is 1. The van der Waals surface area contributed by atoms with Crippen molar-refractivity contribution in [1.29, 1.82) is 0 Å². The number of aromatic amines is 1. The van der Waals surface area contributed by atoms with Gasteiger partial charge in [-0.15, -0.1) is 0 Å². The van der Waals surface area contributed by atoms with E-state index in [4.69, 9.17) is 16.3 Å². The fourth-order valence-electron chi connectivity index (χ4n) is 6.10. The molecule has 2 aliphatic carbocycles. The molecule has 1 unspecified atom stereocenters. The number of fused-ring (bicyclic) bond motifs is 1. The molecule has 2 fully saturated rings. The van der Waals surface area contributed by atoms with Crippen molar-refractivity contribution in [3.05, 3.63) is 75.7 Å². The van der Waals surface area contributed by atoms with Gasteiger partial charge in [0.1, 0.15) is 5.75 Å². The molecule has 0 amide bonds. The van der Waals surface area contributed by atoms with E-state index in [1.165, 1.54) is 37.7 Å². The number of aromatic nitrogens is 1. The Hall–Kier alpha value is -2.26. The molecule has 1 N–H and O–H groups in total. The van der Waals surface area contributed by atoms with Crippen molar-refractivity contribution in [2.75, 3.05) is 0 Å². The van der Waals surface area contributed by atoms with Crippen LogP contribution >= 0.6 is 11.6 Å². The lowest BCUT2D eigenvalue weighted by Gasteiger charge is -2.46. The van der Waals surface area contributed by atoms with Crippen LogP contribution in [0.2, 0.25) is 5.02 Å². The molecule has 0 aliphatic heterocycles. The summed E-state index contributed by atoms with van der Waals surface area (Å²) in [6.45, 7) is 2.38. The van der Waals surface area contributed by atoms with Gasteiger partial charge in [0, 0.05) is 11.6 Å². The van der Waals surface area contributed by atoms with Crippen molar-refractivity contribution in [2.24, 2.45) is 11.8 Å². The van der Waals surface area contributed by atoms with Gasteiger partial charge in [-0.1, -0.05) is 74.5 Å². The van der Waals surface area contributed by atoms with Crippen LogP contribution in [0.4, 0.5) is 0 Å². The molecule has 0 saturated heterocycles. The molecule has 4 heteroatoms. The normalized spacial score (nSPS) is 24.0. The Morgan fingerprint density at radius 2 is 1.85 bits per heavy atom. The third-order valence-electron chi connectivity index (χ3n) is 8.19. The number of benzene rings is 2. The molecule has 0 radical (unpaired) electrons. The van der Waals surface area contributed by atoms with Crippen molar-refractivity contribution in [2.45, 2.75) is 76.2 Å². The second kappa shape index (κ2) is 9.54. The predicted octanol–water partition coefficient (Wildman–Crippen LogP) is 7.66. The highest BCUT2D eigenvalue weighted by Crippen LogP contribution is 2.50. The SMILES string of the molecule is CCC(CCC1CC1)C1(c2ccccc2)CCC(Oc2cc3cc[nH]c(=O)c3cc2Cl)CC1. The summed E-state index contributed by atoms with van der Waals surface area (Å²) in [6, 6.07) is 16.8. The maximum absolute atomic E-state index is 12.1. The van der Waals surface area contributed by atoms with E-state index < -0.39 is 0 Å². The molecular formula is C29H34ClNO2. The molecule has 2 aromatic carbocycles. The summed E-state index contributed by atoms with van der Waals surface area (Å²) in [4.78, 5) is 14.8. The van der Waals surface area contributed by atoms with Gasteiger partial charge in [0.25, 0.3) is 5.56 Å². The standard InChI is InChI=1S/C29H34ClNO2/c1-2-22(11-10-20-8-9-20)29(23-6-4-3-5-7-23)15-12-24(13-16-29)33-27-18-21-14-17-31-28(32)25(21)19-26(27)30/h3-7,14,17-20,22,24H,2,8-13,15-16H2,1H3,(H,31,32). The van der Waals surface area contributed by atoms with E-state index in [1.54, 1.807) is 12.3 Å². The minimum atomic E-state index is -0.122. The molecule has 174 valence electrons. The van der Waals surface area contributed by atoms with E-state index in [1.807, 2.05) is 12.1 Å². The fourth-order valence-corrected chi connectivity index (χ4v) is 6.31. The zero-order valence-corrected chi connectivity index (χ0v) is 20.2. The first-order valence-electron chi connectivity index (χ1n) is 12.6. The number of hydrogen-bond donors (Lipinski definition) is 1. The zero-order chi connectivity index (χ0) is 22.8. The number of rotatable bonds is 8. The van der Waals surface area contributed by atoms with Gasteiger partial charge < -0.3 is 9.72 Å². The number of ether oxygens (including phenoxy) is 1. The average molecular weight is 464 g/mol. The second-order valence-corrected chi connectivity index (χ2v) is 10.5. The number of halogens is 1. The van der Waals surface area contributed by atoms with Crippen molar-refractivity contribution >= 4 is 22.4 Å². The van der Waals surface area contributed by atoms with Crippen molar-refractivity contribution in [3.63, 3.8) is 0 Å². The number of pyridine rings is 1. The minimum Gasteiger partial charge on any atom is -0.489 e.